The van der Waals surface area contributed by atoms with Crippen LogP contribution >= 0.6 is 15.9 Å². The Kier molecular flexibility index (Phi) is 6.07. The predicted molar refractivity (Wildman–Crippen MR) is 74.9 cm³/mol. The maximum atomic E-state index is 12.0. The topological polar surface area (TPSA) is 81.4 Å². The summed E-state index contributed by atoms with van der Waals surface area (Å²) in [7, 11) is -3.53. The van der Waals surface area contributed by atoms with Crippen LogP contribution in [0.3, 0.4) is 0 Å². The van der Waals surface area contributed by atoms with Crippen LogP contribution in [-0.2, 0) is 14.8 Å². The summed E-state index contributed by atoms with van der Waals surface area (Å²) in [6.07, 6.45) is 0.632. The lowest BCUT2D eigenvalue weighted by Gasteiger charge is -2.09. The van der Waals surface area contributed by atoms with Crippen molar-refractivity contribution in [3.05, 3.63) is 22.7 Å². The number of hydrogen-bond acceptors (Lipinski definition) is 4. The van der Waals surface area contributed by atoms with Crippen molar-refractivity contribution in [1.82, 2.24) is 4.72 Å². The van der Waals surface area contributed by atoms with Gasteiger partial charge in [-0.15, -0.1) is 0 Å². The highest BCUT2D eigenvalue weighted by Crippen LogP contribution is 2.23. The lowest BCUT2D eigenvalue weighted by molar-refractivity contribution is 0.146. The first-order valence-electron chi connectivity index (χ1n) is 5.60. The molecule has 0 heterocycles. The van der Waals surface area contributed by atoms with Gasteiger partial charge in [0.05, 0.1) is 4.90 Å². The molecule has 0 saturated carbocycles. The third kappa shape index (κ3) is 4.56. The lowest BCUT2D eigenvalue weighted by Crippen LogP contribution is -2.26. The second kappa shape index (κ2) is 7.08. The third-order valence-electron chi connectivity index (χ3n) is 2.21. The minimum Gasteiger partial charge on any atom is -0.399 e. The molecule has 0 radical (unpaired) electrons. The monoisotopic (exact) mass is 336 g/mol. The van der Waals surface area contributed by atoms with Gasteiger partial charge in [-0.25, -0.2) is 13.1 Å². The molecule has 0 aromatic heterocycles. The number of nitrogen functional groups attached to an aromatic ring is 1. The first-order chi connectivity index (χ1) is 8.47. The highest BCUT2D eigenvalue weighted by Gasteiger charge is 2.17. The number of nitrogens with two attached hydrogens (primary N) is 1. The van der Waals surface area contributed by atoms with Gasteiger partial charge in [-0.3, -0.25) is 0 Å². The highest BCUT2D eigenvalue weighted by molar-refractivity contribution is 9.10. The fourth-order valence-electron chi connectivity index (χ4n) is 1.33. The van der Waals surface area contributed by atoms with E-state index in [1.165, 1.54) is 6.07 Å². The number of anilines is 1. The minimum absolute atomic E-state index is 0.152. The van der Waals surface area contributed by atoms with Crippen molar-refractivity contribution in [1.29, 1.82) is 0 Å². The summed E-state index contributed by atoms with van der Waals surface area (Å²) in [5.41, 5.74) is 6.00. The summed E-state index contributed by atoms with van der Waals surface area (Å²) < 4.78 is 32.1. The van der Waals surface area contributed by atoms with E-state index in [9.17, 15) is 8.42 Å². The summed E-state index contributed by atoms with van der Waals surface area (Å²) >= 11 is 3.20. The van der Waals surface area contributed by atoms with Crippen molar-refractivity contribution in [3.8, 4) is 0 Å². The maximum Gasteiger partial charge on any atom is 0.241 e. The Morgan fingerprint density at radius 2 is 2.17 bits per heavy atom. The molecule has 0 bridgehead atoms. The Hall–Kier alpha value is -0.630. The van der Waals surface area contributed by atoms with Gasteiger partial charge in [-0.05, 0) is 47.5 Å². The maximum absolute atomic E-state index is 12.0. The fraction of sp³-hybridized carbons (Fsp3) is 0.455. The molecular weight excluding hydrogens is 320 g/mol. The molecule has 1 aromatic rings. The fourth-order valence-corrected chi connectivity index (χ4v) is 3.40. The third-order valence-corrected chi connectivity index (χ3v) is 4.66. The molecule has 1 rings (SSSR count). The first-order valence-corrected chi connectivity index (χ1v) is 7.87. The first kappa shape index (κ1) is 15.4. The molecule has 0 fully saturated rings. The van der Waals surface area contributed by atoms with Crippen LogP contribution in [0.4, 0.5) is 5.69 Å². The van der Waals surface area contributed by atoms with Crippen molar-refractivity contribution >= 4 is 31.6 Å². The van der Waals surface area contributed by atoms with Gasteiger partial charge in [0.25, 0.3) is 0 Å². The number of benzene rings is 1. The molecular formula is C11H17BrN2O3S. The van der Waals surface area contributed by atoms with E-state index in [4.69, 9.17) is 10.5 Å². The minimum atomic E-state index is -3.53. The van der Waals surface area contributed by atoms with E-state index in [0.717, 1.165) is 0 Å². The average Bonchev–Trinajstić information content (AvgIpc) is 2.32. The van der Waals surface area contributed by atoms with Crippen LogP contribution in [0, 0.1) is 0 Å². The summed E-state index contributed by atoms with van der Waals surface area (Å²) in [6.45, 7) is 3.40. The molecule has 0 saturated heterocycles. The van der Waals surface area contributed by atoms with Crippen LogP contribution in [0.15, 0.2) is 27.6 Å². The van der Waals surface area contributed by atoms with Gasteiger partial charge in [0.1, 0.15) is 0 Å². The zero-order chi connectivity index (χ0) is 13.6. The number of ether oxygens (including phenoxy) is 1. The van der Waals surface area contributed by atoms with Gasteiger partial charge in [0, 0.05) is 29.9 Å². The van der Waals surface area contributed by atoms with Crippen LogP contribution in [0.2, 0.25) is 0 Å². The number of halogens is 1. The van der Waals surface area contributed by atoms with Gasteiger partial charge in [-0.1, -0.05) is 0 Å². The van der Waals surface area contributed by atoms with Crippen LogP contribution in [0.1, 0.15) is 13.3 Å². The lowest BCUT2D eigenvalue weighted by atomic mass is 10.3. The largest absolute Gasteiger partial charge is 0.399 e. The Morgan fingerprint density at radius 3 is 2.83 bits per heavy atom. The van der Waals surface area contributed by atoms with E-state index in [2.05, 4.69) is 20.7 Å². The zero-order valence-electron chi connectivity index (χ0n) is 10.1. The average molecular weight is 337 g/mol. The van der Waals surface area contributed by atoms with Crippen LogP contribution in [0.5, 0.6) is 0 Å². The summed E-state index contributed by atoms with van der Waals surface area (Å²) in [6, 6.07) is 4.68. The molecule has 7 heteroatoms. The van der Waals surface area contributed by atoms with Gasteiger partial charge < -0.3 is 10.5 Å². The van der Waals surface area contributed by atoms with E-state index in [1.807, 2.05) is 6.92 Å². The van der Waals surface area contributed by atoms with E-state index in [-0.39, 0.29) is 4.90 Å². The summed E-state index contributed by atoms with van der Waals surface area (Å²) in [5.74, 6) is 0. The number of rotatable bonds is 7. The van der Waals surface area contributed by atoms with E-state index >= 15 is 0 Å². The van der Waals surface area contributed by atoms with E-state index < -0.39 is 10.0 Å². The predicted octanol–water partition coefficient (Wildman–Crippen LogP) is 1.74. The molecule has 0 unspecified atom stereocenters. The van der Waals surface area contributed by atoms with Gasteiger partial charge >= 0.3 is 0 Å². The van der Waals surface area contributed by atoms with Crippen LogP contribution in [-0.4, -0.2) is 28.2 Å². The van der Waals surface area contributed by atoms with Gasteiger partial charge in [0.15, 0.2) is 0 Å². The molecule has 0 spiro atoms. The highest BCUT2D eigenvalue weighted by atomic mass is 79.9. The molecule has 18 heavy (non-hydrogen) atoms. The Morgan fingerprint density at radius 1 is 1.44 bits per heavy atom. The Balaban J connectivity index is 2.66. The van der Waals surface area contributed by atoms with Gasteiger partial charge in [-0.2, -0.15) is 0 Å². The van der Waals surface area contributed by atoms with Crippen molar-refractivity contribution in [2.24, 2.45) is 0 Å². The molecule has 0 amide bonds. The quantitative estimate of drug-likeness (QED) is 0.587. The van der Waals surface area contributed by atoms with Crippen LogP contribution in [0.25, 0.3) is 0 Å². The molecule has 5 nitrogen and oxygen atoms in total. The zero-order valence-corrected chi connectivity index (χ0v) is 12.6. The smallest absolute Gasteiger partial charge is 0.241 e. The van der Waals surface area contributed by atoms with E-state index in [0.29, 0.717) is 36.3 Å². The number of nitrogens with one attached hydrogen (secondary N) is 1. The molecule has 0 atom stereocenters. The molecule has 0 aliphatic rings. The van der Waals surface area contributed by atoms with Crippen molar-refractivity contribution < 1.29 is 13.2 Å². The number of sulfonamides is 1. The molecule has 0 aliphatic carbocycles. The summed E-state index contributed by atoms with van der Waals surface area (Å²) in [4.78, 5) is 0.152. The molecule has 3 N–H and O–H groups in total. The molecule has 1 aromatic carbocycles. The van der Waals surface area contributed by atoms with Crippen molar-refractivity contribution in [2.75, 3.05) is 25.5 Å². The second-order valence-electron chi connectivity index (χ2n) is 3.64. The van der Waals surface area contributed by atoms with E-state index in [1.54, 1.807) is 12.1 Å². The standard InChI is InChI=1S/C11H17BrN2O3S/c1-2-17-7-3-6-14-18(15,16)11-8-9(13)4-5-10(11)12/h4-5,8,14H,2-3,6-7,13H2,1H3. The number of hydrogen-bond donors (Lipinski definition) is 2. The second-order valence-corrected chi connectivity index (χ2v) is 6.23. The Bertz CT molecular complexity index is 491. The van der Waals surface area contributed by atoms with Crippen molar-refractivity contribution in [3.63, 3.8) is 0 Å². The Labute approximate surface area is 116 Å². The van der Waals surface area contributed by atoms with Crippen LogP contribution < -0.4 is 10.5 Å². The van der Waals surface area contributed by atoms with Crippen molar-refractivity contribution in [2.45, 2.75) is 18.2 Å². The molecule has 0 aliphatic heterocycles. The SMILES string of the molecule is CCOCCCNS(=O)(=O)c1cc(N)ccc1Br. The normalized spacial score (nSPS) is 11.7. The summed E-state index contributed by atoms with van der Waals surface area (Å²) in [5, 5.41) is 0. The van der Waals surface area contributed by atoms with Gasteiger partial charge in [0.2, 0.25) is 10.0 Å². The molecule has 102 valence electrons.